The van der Waals surface area contributed by atoms with Crippen LogP contribution in [-0.2, 0) is 12.8 Å². The lowest BCUT2D eigenvalue weighted by Crippen LogP contribution is -2.10. The minimum Gasteiger partial charge on any atom is -0.373 e. The number of hydrogen-bond donors (Lipinski definition) is 3. The van der Waals surface area contributed by atoms with Gasteiger partial charge in [0.15, 0.2) is 0 Å². The van der Waals surface area contributed by atoms with Crippen molar-refractivity contribution in [3.63, 3.8) is 0 Å². The lowest BCUT2D eigenvalue weighted by molar-refractivity contribution is 0.929. The summed E-state index contributed by atoms with van der Waals surface area (Å²) in [7, 11) is 1.86. The van der Waals surface area contributed by atoms with Gasteiger partial charge in [0.05, 0.1) is 0 Å². The third kappa shape index (κ3) is 5.44. The van der Waals surface area contributed by atoms with E-state index in [1.54, 1.807) is 0 Å². The van der Waals surface area contributed by atoms with Crippen LogP contribution in [0.1, 0.15) is 11.4 Å². The Labute approximate surface area is 154 Å². The Morgan fingerprint density at radius 2 is 1.35 bits per heavy atom. The highest BCUT2D eigenvalue weighted by atomic mass is 15.0. The van der Waals surface area contributed by atoms with Crippen molar-refractivity contribution in [1.29, 1.82) is 0 Å². The molecule has 0 saturated heterocycles. The van der Waals surface area contributed by atoms with Crippen LogP contribution < -0.4 is 16.0 Å². The number of hydrogen-bond acceptors (Lipinski definition) is 6. The number of nitrogens with one attached hydrogen (secondary N) is 3. The van der Waals surface area contributed by atoms with Gasteiger partial charge < -0.3 is 16.0 Å². The van der Waals surface area contributed by atoms with Crippen molar-refractivity contribution in [2.24, 2.45) is 0 Å². The van der Waals surface area contributed by atoms with E-state index in [0.717, 1.165) is 54.8 Å². The van der Waals surface area contributed by atoms with Gasteiger partial charge >= 0.3 is 0 Å². The van der Waals surface area contributed by atoms with Gasteiger partial charge in [-0.15, -0.1) is 0 Å². The second kappa shape index (κ2) is 9.36. The largest absolute Gasteiger partial charge is 0.373 e. The van der Waals surface area contributed by atoms with Crippen molar-refractivity contribution in [3.05, 3.63) is 72.2 Å². The molecule has 6 heteroatoms. The average molecular weight is 348 g/mol. The summed E-state index contributed by atoms with van der Waals surface area (Å²) < 4.78 is 0. The molecule has 0 aliphatic rings. The smallest absolute Gasteiger partial charge is 0.128 e. The summed E-state index contributed by atoms with van der Waals surface area (Å²) in [5, 5.41) is 9.73. The summed E-state index contributed by atoms with van der Waals surface area (Å²) in [6.07, 6.45) is 3.53. The highest BCUT2D eigenvalue weighted by Crippen LogP contribution is 2.09. The minimum absolute atomic E-state index is 0.782. The molecule has 3 N–H and O–H groups in total. The van der Waals surface area contributed by atoms with Crippen LogP contribution in [0.15, 0.2) is 60.8 Å². The maximum atomic E-state index is 4.66. The molecule has 6 nitrogen and oxygen atoms in total. The number of anilines is 3. The summed E-state index contributed by atoms with van der Waals surface area (Å²) in [5.41, 5.74) is 2.13. The van der Waals surface area contributed by atoms with Crippen LogP contribution in [-0.4, -0.2) is 35.1 Å². The van der Waals surface area contributed by atoms with Crippen molar-refractivity contribution in [1.82, 2.24) is 15.0 Å². The van der Waals surface area contributed by atoms with E-state index in [-0.39, 0.29) is 0 Å². The van der Waals surface area contributed by atoms with Gasteiger partial charge in [0, 0.05) is 50.6 Å². The van der Waals surface area contributed by atoms with E-state index >= 15 is 0 Å². The normalized spacial score (nSPS) is 10.3. The van der Waals surface area contributed by atoms with Gasteiger partial charge in [-0.2, -0.15) is 0 Å². The molecule has 0 unspecified atom stereocenters. The molecular formula is C20H24N6. The van der Waals surface area contributed by atoms with E-state index in [0.29, 0.717) is 0 Å². The first-order valence-corrected chi connectivity index (χ1v) is 8.82. The van der Waals surface area contributed by atoms with Crippen LogP contribution in [0.4, 0.5) is 17.5 Å². The molecule has 0 aliphatic heterocycles. The molecule has 0 amide bonds. The predicted molar refractivity (Wildman–Crippen MR) is 107 cm³/mol. The first-order chi connectivity index (χ1) is 12.8. The topological polar surface area (TPSA) is 74.8 Å². The Kier molecular flexibility index (Phi) is 6.36. The van der Waals surface area contributed by atoms with Gasteiger partial charge in [-0.1, -0.05) is 18.2 Å². The van der Waals surface area contributed by atoms with E-state index in [2.05, 4.69) is 30.9 Å². The number of pyridine rings is 3. The maximum Gasteiger partial charge on any atom is 0.128 e. The lowest BCUT2D eigenvalue weighted by Gasteiger charge is -2.09. The molecular weight excluding hydrogens is 324 g/mol. The summed E-state index contributed by atoms with van der Waals surface area (Å²) in [4.78, 5) is 13.4. The van der Waals surface area contributed by atoms with E-state index in [4.69, 9.17) is 0 Å². The standard InChI is InChI=1S/C20H24N6/c1-21-18-8-5-10-20(26-18)24-15-12-17-7-4-9-19(25-17)23-14-11-16-6-2-3-13-22-16/h2-10,13H,11-12,14-15H2,1H3,(H,23,25)(H2,21,24,26). The monoisotopic (exact) mass is 348 g/mol. The first-order valence-electron chi connectivity index (χ1n) is 8.82. The van der Waals surface area contributed by atoms with Crippen molar-refractivity contribution < 1.29 is 0 Å². The lowest BCUT2D eigenvalue weighted by atomic mass is 10.2. The fourth-order valence-corrected chi connectivity index (χ4v) is 2.57. The Hall–Kier alpha value is -3.15. The van der Waals surface area contributed by atoms with Gasteiger partial charge in [0.2, 0.25) is 0 Å². The van der Waals surface area contributed by atoms with Crippen molar-refractivity contribution in [3.8, 4) is 0 Å². The summed E-state index contributed by atoms with van der Waals surface area (Å²) in [6, 6.07) is 17.9. The molecule has 0 radical (unpaired) electrons. The van der Waals surface area contributed by atoms with Gasteiger partial charge in [-0.3, -0.25) is 4.98 Å². The number of aromatic nitrogens is 3. The SMILES string of the molecule is CNc1cccc(NCCc2cccc(NCCc3ccccn3)n2)n1. The molecule has 0 saturated carbocycles. The molecule has 3 rings (SSSR count). The minimum atomic E-state index is 0.782. The van der Waals surface area contributed by atoms with Crippen LogP contribution in [0, 0.1) is 0 Å². The van der Waals surface area contributed by atoms with Crippen molar-refractivity contribution in [2.45, 2.75) is 12.8 Å². The van der Waals surface area contributed by atoms with Gasteiger partial charge in [-0.05, 0) is 36.4 Å². The van der Waals surface area contributed by atoms with Gasteiger partial charge in [0.1, 0.15) is 17.5 Å². The van der Waals surface area contributed by atoms with E-state index < -0.39 is 0 Å². The molecule has 0 aromatic carbocycles. The first kappa shape index (κ1) is 17.7. The summed E-state index contributed by atoms with van der Waals surface area (Å²) in [6.45, 7) is 1.59. The van der Waals surface area contributed by atoms with Crippen LogP contribution in [0.3, 0.4) is 0 Å². The zero-order valence-corrected chi connectivity index (χ0v) is 14.9. The quantitative estimate of drug-likeness (QED) is 0.551. The zero-order valence-electron chi connectivity index (χ0n) is 14.9. The predicted octanol–water partition coefficient (Wildman–Crippen LogP) is 3.22. The van der Waals surface area contributed by atoms with Crippen LogP contribution in [0.2, 0.25) is 0 Å². The second-order valence-electron chi connectivity index (χ2n) is 5.85. The molecule has 3 aromatic rings. The zero-order chi connectivity index (χ0) is 18.0. The Balaban J connectivity index is 1.46. The highest BCUT2D eigenvalue weighted by molar-refractivity contribution is 5.44. The highest BCUT2D eigenvalue weighted by Gasteiger charge is 2.00. The molecule has 134 valence electrons. The van der Waals surface area contributed by atoms with Crippen molar-refractivity contribution >= 4 is 17.5 Å². The van der Waals surface area contributed by atoms with Crippen molar-refractivity contribution in [2.75, 3.05) is 36.1 Å². The fraction of sp³-hybridized carbons (Fsp3) is 0.250. The molecule has 0 aliphatic carbocycles. The molecule has 0 fully saturated rings. The summed E-state index contributed by atoms with van der Waals surface area (Å²) >= 11 is 0. The summed E-state index contributed by atoms with van der Waals surface area (Å²) in [5.74, 6) is 2.61. The van der Waals surface area contributed by atoms with E-state index in [1.807, 2.05) is 67.8 Å². The average Bonchev–Trinajstić information content (AvgIpc) is 2.69. The van der Waals surface area contributed by atoms with Crippen LogP contribution >= 0.6 is 0 Å². The number of nitrogens with zero attached hydrogens (tertiary/aromatic N) is 3. The molecule has 0 bridgehead atoms. The van der Waals surface area contributed by atoms with E-state index in [9.17, 15) is 0 Å². The fourth-order valence-electron chi connectivity index (χ4n) is 2.57. The van der Waals surface area contributed by atoms with Gasteiger partial charge in [0.25, 0.3) is 0 Å². The Morgan fingerprint density at radius 3 is 2.08 bits per heavy atom. The Bertz CT molecular complexity index is 806. The third-order valence-electron chi connectivity index (χ3n) is 3.91. The molecule has 3 aromatic heterocycles. The molecule has 0 spiro atoms. The second-order valence-corrected chi connectivity index (χ2v) is 5.85. The Morgan fingerprint density at radius 1 is 0.692 bits per heavy atom. The molecule has 3 heterocycles. The van der Waals surface area contributed by atoms with E-state index in [1.165, 1.54) is 0 Å². The number of rotatable bonds is 9. The maximum absolute atomic E-state index is 4.66. The van der Waals surface area contributed by atoms with Crippen LogP contribution in [0.5, 0.6) is 0 Å². The third-order valence-corrected chi connectivity index (χ3v) is 3.91. The molecule has 0 atom stereocenters. The molecule has 26 heavy (non-hydrogen) atoms. The van der Waals surface area contributed by atoms with Crippen LogP contribution in [0.25, 0.3) is 0 Å². The van der Waals surface area contributed by atoms with Gasteiger partial charge in [-0.25, -0.2) is 9.97 Å².